The van der Waals surface area contributed by atoms with E-state index < -0.39 is 0 Å². The number of carbonyl (C=O) groups is 1. The minimum Gasteiger partial charge on any atom is -0.338 e. The molecular weight excluding hydrogens is 336 g/mol. The third-order valence-electron chi connectivity index (χ3n) is 4.77. The lowest BCUT2D eigenvalue weighted by Gasteiger charge is -2.31. The summed E-state index contributed by atoms with van der Waals surface area (Å²) in [7, 11) is 4.17. The second kappa shape index (κ2) is 8.05. The molecule has 1 aliphatic heterocycles. The summed E-state index contributed by atoms with van der Waals surface area (Å²) in [5, 5.41) is 4.06. The van der Waals surface area contributed by atoms with Crippen LogP contribution < -0.4 is 0 Å². The molecule has 0 N–H and O–H groups in total. The lowest BCUT2D eigenvalue weighted by Crippen LogP contribution is -2.38. The molecule has 2 aromatic heterocycles. The van der Waals surface area contributed by atoms with Gasteiger partial charge in [0, 0.05) is 44.5 Å². The van der Waals surface area contributed by atoms with Gasteiger partial charge in [0.15, 0.2) is 0 Å². The summed E-state index contributed by atoms with van der Waals surface area (Å²) in [5.41, 5.74) is 0.816. The third kappa shape index (κ3) is 4.07. The number of carbonyl (C=O) groups excluding carboxylic acids is 1. The van der Waals surface area contributed by atoms with Gasteiger partial charge in [-0.15, -0.1) is 5.10 Å². The van der Waals surface area contributed by atoms with Crippen molar-refractivity contribution in [3.63, 3.8) is 0 Å². The fraction of sp³-hybridized carbons (Fsp3) is 0.647. The average molecular weight is 363 g/mol. The van der Waals surface area contributed by atoms with Crippen LogP contribution in [0.25, 0.3) is 0 Å². The summed E-state index contributed by atoms with van der Waals surface area (Å²) in [6.07, 6.45) is 6.61. The Balaban J connectivity index is 1.61. The van der Waals surface area contributed by atoms with E-state index in [1.807, 2.05) is 18.0 Å². The lowest BCUT2D eigenvalue weighted by molar-refractivity contribution is 0.0714. The van der Waals surface area contributed by atoms with E-state index >= 15 is 0 Å². The van der Waals surface area contributed by atoms with Gasteiger partial charge in [0.1, 0.15) is 10.7 Å². The predicted octanol–water partition coefficient (Wildman–Crippen LogP) is 1.88. The highest BCUT2D eigenvalue weighted by Gasteiger charge is 2.28. The molecule has 0 aromatic carbocycles. The first kappa shape index (κ1) is 18.0. The average Bonchev–Trinajstić information content (AvgIpc) is 3.28. The van der Waals surface area contributed by atoms with Crippen molar-refractivity contribution in [2.45, 2.75) is 38.6 Å². The van der Waals surface area contributed by atoms with E-state index in [4.69, 9.17) is 0 Å². The van der Waals surface area contributed by atoms with Crippen molar-refractivity contribution >= 4 is 17.4 Å². The topological polar surface area (TPSA) is 67.2 Å². The number of aryl methyl sites for hydroxylation is 1. The highest BCUT2D eigenvalue weighted by Crippen LogP contribution is 2.28. The Labute approximate surface area is 152 Å². The number of rotatable bonds is 6. The molecule has 0 aliphatic carbocycles. The zero-order chi connectivity index (χ0) is 17.8. The molecule has 8 heteroatoms. The normalized spacial score (nSPS) is 15.9. The number of aromatic nitrogens is 4. The number of likely N-dealkylation sites (tertiary alicyclic amines) is 1. The number of hydrogen-bond acceptors (Lipinski definition) is 6. The van der Waals surface area contributed by atoms with E-state index in [0.717, 1.165) is 57.0 Å². The smallest absolute Gasteiger partial charge is 0.267 e. The molecule has 1 fully saturated rings. The standard InChI is InChI=1S/C17H26N6OS/c1-4-14-15(25-20-19-14)17(24)23-8-5-13(6-9-23)16-18-7-10-22(16)12-11-21(2)3/h7,10,13H,4-6,8-9,11-12H2,1-3H3. The van der Waals surface area contributed by atoms with Crippen LogP contribution >= 0.6 is 11.5 Å². The molecule has 3 heterocycles. The molecule has 136 valence electrons. The van der Waals surface area contributed by atoms with Gasteiger partial charge in [-0.25, -0.2) is 4.98 Å². The second-order valence-corrected chi connectivity index (χ2v) is 7.51. The molecule has 1 aliphatic rings. The Hall–Kier alpha value is -1.80. The first-order valence-corrected chi connectivity index (χ1v) is 9.63. The lowest BCUT2D eigenvalue weighted by atomic mass is 9.95. The van der Waals surface area contributed by atoms with Crippen LogP contribution in [0.15, 0.2) is 12.4 Å². The quantitative estimate of drug-likeness (QED) is 0.785. The Kier molecular flexibility index (Phi) is 5.80. The number of nitrogens with zero attached hydrogens (tertiary/aromatic N) is 6. The van der Waals surface area contributed by atoms with Gasteiger partial charge in [0.25, 0.3) is 5.91 Å². The monoisotopic (exact) mass is 362 g/mol. The van der Waals surface area contributed by atoms with Crippen molar-refractivity contribution in [3.05, 3.63) is 28.8 Å². The van der Waals surface area contributed by atoms with Crippen LogP contribution in [0.4, 0.5) is 0 Å². The first-order chi connectivity index (χ1) is 12.1. The Bertz CT molecular complexity index is 702. The Morgan fingerprint density at radius 3 is 2.80 bits per heavy atom. The summed E-state index contributed by atoms with van der Waals surface area (Å²) in [5.74, 6) is 1.66. The fourth-order valence-electron chi connectivity index (χ4n) is 3.26. The van der Waals surface area contributed by atoms with Gasteiger partial charge in [-0.3, -0.25) is 4.79 Å². The van der Waals surface area contributed by atoms with E-state index in [1.54, 1.807) is 0 Å². The van der Waals surface area contributed by atoms with Crippen LogP contribution in [-0.4, -0.2) is 68.6 Å². The SMILES string of the molecule is CCc1nnsc1C(=O)N1CCC(c2nccn2CCN(C)C)CC1. The van der Waals surface area contributed by atoms with Crippen LogP contribution in [-0.2, 0) is 13.0 Å². The minimum atomic E-state index is 0.0845. The molecule has 1 amide bonds. The molecule has 0 radical (unpaired) electrons. The predicted molar refractivity (Wildman–Crippen MR) is 97.9 cm³/mol. The van der Waals surface area contributed by atoms with E-state index in [2.05, 4.69) is 44.3 Å². The van der Waals surface area contributed by atoms with Crippen LogP contribution in [0.5, 0.6) is 0 Å². The summed E-state index contributed by atoms with van der Waals surface area (Å²) in [4.78, 5) is 22.1. The maximum Gasteiger partial charge on any atom is 0.267 e. The van der Waals surface area contributed by atoms with Crippen molar-refractivity contribution in [2.24, 2.45) is 0 Å². The van der Waals surface area contributed by atoms with Crippen molar-refractivity contribution in [1.82, 2.24) is 28.9 Å². The molecule has 0 unspecified atom stereocenters. The van der Waals surface area contributed by atoms with Gasteiger partial charge in [-0.05, 0) is 44.9 Å². The zero-order valence-electron chi connectivity index (χ0n) is 15.2. The highest BCUT2D eigenvalue weighted by atomic mass is 32.1. The van der Waals surface area contributed by atoms with Gasteiger partial charge in [-0.2, -0.15) is 0 Å². The first-order valence-electron chi connectivity index (χ1n) is 8.86. The fourth-order valence-corrected chi connectivity index (χ4v) is 3.98. The van der Waals surface area contributed by atoms with Crippen molar-refractivity contribution in [3.8, 4) is 0 Å². The van der Waals surface area contributed by atoms with E-state index in [0.29, 0.717) is 10.8 Å². The summed E-state index contributed by atoms with van der Waals surface area (Å²) < 4.78 is 6.19. The number of likely N-dealkylation sites (N-methyl/N-ethyl adjacent to an activating group) is 1. The molecule has 0 spiro atoms. The van der Waals surface area contributed by atoms with Gasteiger partial charge in [0.05, 0.1) is 5.69 Å². The van der Waals surface area contributed by atoms with Gasteiger partial charge in [-0.1, -0.05) is 11.4 Å². The van der Waals surface area contributed by atoms with Crippen LogP contribution in [0.2, 0.25) is 0 Å². The van der Waals surface area contributed by atoms with E-state index in [-0.39, 0.29) is 5.91 Å². The molecule has 0 atom stereocenters. The van der Waals surface area contributed by atoms with Gasteiger partial charge in [0.2, 0.25) is 0 Å². The maximum absolute atomic E-state index is 12.7. The number of imidazole rings is 1. The summed E-state index contributed by atoms with van der Waals surface area (Å²) in [6.45, 7) is 5.50. The second-order valence-electron chi connectivity index (χ2n) is 6.75. The minimum absolute atomic E-state index is 0.0845. The number of hydrogen-bond donors (Lipinski definition) is 0. The molecule has 2 aromatic rings. The van der Waals surface area contributed by atoms with E-state index in [1.165, 1.54) is 11.5 Å². The molecular formula is C17H26N6OS. The van der Waals surface area contributed by atoms with Crippen molar-refractivity contribution in [1.29, 1.82) is 0 Å². The molecule has 0 bridgehead atoms. The third-order valence-corrected chi connectivity index (χ3v) is 5.52. The maximum atomic E-state index is 12.7. The summed E-state index contributed by atoms with van der Waals surface area (Å²) >= 11 is 1.21. The van der Waals surface area contributed by atoms with Crippen LogP contribution in [0.3, 0.4) is 0 Å². The largest absolute Gasteiger partial charge is 0.338 e. The van der Waals surface area contributed by atoms with Crippen LogP contribution in [0.1, 0.15) is 46.9 Å². The highest BCUT2D eigenvalue weighted by molar-refractivity contribution is 7.08. The molecule has 0 saturated carbocycles. The summed E-state index contributed by atoms with van der Waals surface area (Å²) in [6, 6.07) is 0. The molecule has 1 saturated heterocycles. The Morgan fingerprint density at radius 1 is 1.36 bits per heavy atom. The van der Waals surface area contributed by atoms with Gasteiger partial charge >= 0.3 is 0 Å². The Morgan fingerprint density at radius 2 is 2.12 bits per heavy atom. The molecule has 3 rings (SSSR count). The van der Waals surface area contributed by atoms with Gasteiger partial charge < -0.3 is 14.4 Å². The van der Waals surface area contributed by atoms with Crippen LogP contribution in [0, 0.1) is 0 Å². The molecule has 7 nitrogen and oxygen atoms in total. The number of amides is 1. The zero-order valence-corrected chi connectivity index (χ0v) is 16.0. The van der Waals surface area contributed by atoms with Crippen molar-refractivity contribution < 1.29 is 4.79 Å². The molecule has 25 heavy (non-hydrogen) atoms. The van der Waals surface area contributed by atoms with E-state index in [9.17, 15) is 4.79 Å². The van der Waals surface area contributed by atoms with Crippen molar-refractivity contribution in [2.75, 3.05) is 33.7 Å². The number of piperidine rings is 1.